The molecular weight excluding hydrogens is 104 g/mol. The third kappa shape index (κ3) is 27.7. The SMILES string of the molecule is [Ca+2].[F-].[F-].[F-].[Li+]. The molecule has 0 radical (unpaired) electrons. The van der Waals surface area contributed by atoms with Crippen LogP contribution < -0.4 is 33.0 Å². The Labute approximate surface area is 70.0 Å². The first-order valence-electron chi connectivity index (χ1n) is 0. The fourth-order valence-electron chi connectivity index (χ4n) is 0. The number of hydrogen-bond donors (Lipinski definition) is 0. The van der Waals surface area contributed by atoms with Gasteiger partial charge in [-0.3, -0.25) is 0 Å². The van der Waals surface area contributed by atoms with Gasteiger partial charge in [0.15, 0.2) is 0 Å². The largest absolute Gasteiger partial charge is 2.00 e. The Balaban J connectivity index is 0. The van der Waals surface area contributed by atoms with E-state index in [-0.39, 0.29) is 70.7 Å². The van der Waals surface area contributed by atoms with E-state index in [1.807, 2.05) is 0 Å². The minimum atomic E-state index is 0. The third-order valence-electron chi connectivity index (χ3n) is 0. The molecule has 0 bridgehead atoms. The van der Waals surface area contributed by atoms with Crippen molar-refractivity contribution in [2.75, 3.05) is 0 Å². The molecule has 0 saturated heterocycles. The van der Waals surface area contributed by atoms with E-state index in [1.54, 1.807) is 0 Å². The van der Waals surface area contributed by atoms with Gasteiger partial charge >= 0.3 is 56.6 Å². The molecule has 24 valence electrons. The van der Waals surface area contributed by atoms with Crippen LogP contribution in [0.25, 0.3) is 0 Å². The van der Waals surface area contributed by atoms with Crippen LogP contribution in [0.1, 0.15) is 0 Å². The molecule has 0 aliphatic heterocycles. The Morgan fingerprint density at radius 1 is 0.600 bits per heavy atom. The monoisotopic (exact) mass is 104 g/mol. The van der Waals surface area contributed by atoms with Crippen molar-refractivity contribution in [3.63, 3.8) is 0 Å². The van der Waals surface area contributed by atoms with Crippen LogP contribution >= 0.6 is 0 Å². The van der Waals surface area contributed by atoms with Gasteiger partial charge in [-0.25, -0.2) is 0 Å². The maximum atomic E-state index is 0. The molecular formula is CaF3Li. The number of rotatable bonds is 0. The predicted octanol–water partition coefficient (Wildman–Crippen LogP) is -12.4. The summed E-state index contributed by atoms with van der Waals surface area (Å²) in [5.41, 5.74) is 0. The molecule has 0 saturated carbocycles. The van der Waals surface area contributed by atoms with Crippen LogP contribution in [-0.4, -0.2) is 37.7 Å². The molecule has 0 aromatic rings. The molecule has 0 aromatic heterocycles. The summed E-state index contributed by atoms with van der Waals surface area (Å²) in [4.78, 5) is 0. The van der Waals surface area contributed by atoms with Crippen molar-refractivity contribution in [3.05, 3.63) is 0 Å². The first-order chi connectivity index (χ1) is 0. The molecule has 0 aliphatic carbocycles. The zero-order valence-corrected chi connectivity index (χ0v) is 5.05. The van der Waals surface area contributed by atoms with Gasteiger partial charge in [-0.05, 0) is 0 Å². The second-order valence-corrected chi connectivity index (χ2v) is 0. The fraction of sp³-hybridized carbons (Fsp3) is 0. The minimum absolute atomic E-state index is 0. The van der Waals surface area contributed by atoms with E-state index in [0.717, 1.165) is 0 Å². The summed E-state index contributed by atoms with van der Waals surface area (Å²) in [6, 6.07) is 0. The molecule has 0 nitrogen and oxygen atoms in total. The molecule has 0 atom stereocenters. The Morgan fingerprint density at radius 2 is 0.600 bits per heavy atom. The topological polar surface area (TPSA) is 0 Å². The van der Waals surface area contributed by atoms with Gasteiger partial charge in [-0.2, -0.15) is 0 Å². The average molecular weight is 104 g/mol. The van der Waals surface area contributed by atoms with Crippen molar-refractivity contribution in [1.82, 2.24) is 0 Å². The number of hydrogen-bond acceptors (Lipinski definition) is 0. The molecule has 0 rings (SSSR count). The molecule has 0 fully saturated rings. The van der Waals surface area contributed by atoms with E-state index >= 15 is 0 Å². The van der Waals surface area contributed by atoms with Crippen LogP contribution in [0.15, 0.2) is 0 Å². The normalized spacial score (nSPS) is 0. The van der Waals surface area contributed by atoms with Crippen molar-refractivity contribution < 1.29 is 33.0 Å². The Kier molecular flexibility index (Phi) is 702. The van der Waals surface area contributed by atoms with E-state index < -0.39 is 0 Å². The fourth-order valence-corrected chi connectivity index (χ4v) is 0. The first-order valence-corrected chi connectivity index (χ1v) is 0. The average Bonchev–Trinajstić information content (AvgIpc) is 0. The third-order valence-corrected chi connectivity index (χ3v) is 0. The molecule has 5 heteroatoms. The van der Waals surface area contributed by atoms with E-state index in [0.29, 0.717) is 0 Å². The molecule has 0 heterocycles. The summed E-state index contributed by atoms with van der Waals surface area (Å²) in [6.07, 6.45) is 0. The van der Waals surface area contributed by atoms with Gasteiger partial charge in [-0.15, -0.1) is 0 Å². The van der Waals surface area contributed by atoms with Gasteiger partial charge in [0, 0.05) is 0 Å². The van der Waals surface area contributed by atoms with Gasteiger partial charge in [0.1, 0.15) is 0 Å². The Morgan fingerprint density at radius 3 is 0.600 bits per heavy atom. The molecule has 0 unspecified atom stereocenters. The zero-order valence-electron chi connectivity index (χ0n) is 2.84. The second kappa shape index (κ2) is 45.0. The molecule has 0 spiro atoms. The minimum Gasteiger partial charge on any atom is -1.00 e. The smallest absolute Gasteiger partial charge is 1.00 e. The van der Waals surface area contributed by atoms with Crippen molar-refractivity contribution in [2.45, 2.75) is 0 Å². The van der Waals surface area contributed by atoms with Crippen LogP contribution in [0.5, 0.6) is 0 Å². The van der Waals surface area contributed by atoms with Crippen LogP contribution in [0.4, 0.5) is 0 Å². The molecule has 0 amide bonds. The van der Waals surface area contributed by atoms with E-state index in [4.69, 9.17) is 0 Å². The summed E-state index contributed by atoms with van der Waals surface area (Å²) < 4.78 is 0. The van der Waals surface area contributed by atoms with E-state index in [1.165, 1.54) is 0 Å². The van der Waals surface area contributed by atoms with Crippen molar-refractivity contribution in [3.8, 4) is 0 Å². The van der Waals surface area contributed by atoms with Gasteiger partial charge in [0.05, 0.1) is 0 Å². The molecule has 5 heavy (non-hydrogen) atoms. The standard InChI is InChI=1S/Ca.3FH.Li/h;3*1H;/q+2;;;;+1/p-3. The summed E-state index contributed by atoms with van der Waals surface area (Å²) in [5.74, 6) is 0. The maximum absolute atomic E-state index is 0. The Bertz CT molecular complexity index is 6.85. The van der Waals surface area contributed by atoms with E-state index in [9.17, 15) is 0 Å². The molecule has 0 aromatic carbocycles. The maximum Gasteiger partial charge on any atom is 2.00 e. The van der Waals surface area contributed by atoms with Crippen molar-refractivity contribution in [1.29, 1.82) is 0 Å². The van der Waals surface area contributed by atoms with Crippen LogP contribution in [0, 0.1) is 0 Å². The number of halogens is 3. The summed E-state index contributed by atoms with van der Waals surface area (Å²) in [6.45, 7) is 0. The van der Waals surface area contributed by atoms with Crippen LogP contribution in [0.3, 0.4) is 0 Å². The quantitative estimate of drug-likeness (QED) is 0.268. The summed E-state index contributed by atoms with van der Waals surface area (Å²) in [5, 5.41) is 0. The van der Waals surface area contributed by atoms with Crippen molar-refractivity contribution >= 4 is 37.7 Å². The van der Waals surface area contributed by atoms with Crippen molar-refractivity contribution in [2.24, 2.45) is 0 Å². The molecule has 0 N–H and O–H groups in total. The van der Waals surface area contributed by atoms with Gasteiger partial charge < -0.3 is 14.1 Å². The van der Waals surface area contributed by atoms with Crippen LogP contribution in [-0.2, 0) is 0 Å². The van der Waals surface area contributed by atoms with Gasteiger partial charge in [0.2, 0.25) is 0 Å². The predicted molar refractivity (Wildman–Crippen MR) is 5.75 cm³/mol. The second-order valence-electron chi connectivity index (χ2n) is 0. The summed E-state index contributed by atoms with van der Waals surface area (Å²) >= 11 is 0. The first kappa shape index (κ1) is 78.1. The van der Waals surface area contributed by atoms with Gasteiger partial charge in [-0.1, -0.05) is 0 Å². The Hall–Kier alpha value is 1.65. The van der Waals surface area contributed by atoms with E-state index in [2.05, 4.69) is 0 Å². The zero-order chi connectivity index (χ0) is 0. The summed E-state index contributed by atoms with van der Waals surface area (Å²) in [7, 11) is 0. The molecule has 0 aliphatic rings. The van der Waals surface area contributed by atoms with Gasteiger partial charge in [0.25, 0.3) is 0 Å². The van der Waals surface area contributed by atoms with Crippen LogP contribution in [0.2, 0.25) is 0 Å².